The van der Waals surface area contributed by atoms with E-state index in [-0.39, 0.29) is 28.6 Å². The molecule has 0 aliphatic carbocycles. The second-order valence-electron chi connectivity index (χ2n) is 4.81. The van der Waals surface area contributed by atoms with E-state index in [0.717, 1.165) is 0 Å². The maximum Gasteiger partial charge on any atom is 0.286 e. The van der Waals surface area contributed by atoms with Crippen LogP contribution in [0.15, 0.2) is 45.9 Å². The Bertz CT molecular complexity index is 884. The Balaban J connectivity index is 1.78. The molecule has 11 heteroatoms. The van der Waals surface area contributed by atoms with Crippen molar-refractivity contribution in [3.05, 3.63) is 51.7 Å². The van der Waals surface area contributed by atoms with Gasteiger partial charge in [0.15, 0.2) is 0 Å². The molecule has 4 N–H and O–H groups in total. The number of aromatic nitrogens is 1. The lowest BCUT2D eigenvalue weighted by Gasteiger charge is -2.09. The van der Waals surface area contributed by atoms with Crippen LogP contribution in [0.3, 0.4) is 0 Å². The lowest BCUT2D eigenvalue weighted by atomic mass is 10.4. The van der Waals surface area contributed by atoms with Gasteiger partial charge in [-0.05, 0) is 34.1 Å². The van der Waals surface area contributed by atoms with E-state index in [1.807, 2.05) is 0 Å². The molecule has 0 fully saturated rings. The monoisotopic (exact) mass is 448 g/mol. The Morgan fingerprint density at radius 2 is 1.92 bits per heavy atom. The van der Waals surface area contributed by atoms with Crippen molar-refractivity contribution in [3.63, 3.8) is 0 Å². The Morgan fingerprint density at radius 3 is 2.56 bits per heavy atom. The lowest BCUT2D eigenvalue weighted by molar-refractivity contribution is -0.121. The fraction of sp³-hybridized carbons (Fsp3) is 0.143. The van der Waals surface area contributed by atoms with Gasteiger partial charge in [0.25, 0.3) is 5.91 Å². The Morgan fingerprint density at radius 1 is 1.20 bits per heavy atom. The number of amides is 2. The van der Waals surface area contributed by atoms with Crippen molar-refractivity contribution in [1.29, 1.82) is 0 Å². The summed E-state index contributed by atoms with van der Waals surface area (Å²) in [6, 6.07) is 7.51. The topological polar surface area (TPSA) is 120 Å². The van der Waals surface area contributed by atoms with Crippen molar-refractivity contribution in [3.8, 4) is 0 Å². The van der Waals surface area contributed by atoms with Gasteiger partial charge >= 0.3 is 0 Å². The van der Waals surface area contributed by atoms with Crippen molar-refractivity contribution in [1.82, 2.24) is 20.6 Å². The number of carbonyl (C=O) groups excluding carboxylic acids is 2. The molecule has 0 unspecified atom stereocenters. The van der Waals surface area contributed by atoms with Gasteiger partial charge in [0.1, 0.15) is 10.6 Å². The molecule has 0 atom stereocenters. The highest BCUT2D eigenvalue weighted by molar-refractivity contribution is 9.10. The maximum atomic E-state index is 12.1. The number of nitrogens with one attached hydrogen (secondary N) is 4. The van der Waals surface area contributed by atoms with Crippen LogP contribution in [0.25, 0.3) is 0 Å². The second kappa shape index (κ2) is 8.48. The van der Waals surface area contributed by atoms with Crippen LogP contribution in [0.1, 0.15) is 16.9 Å². The fourth-order valence-electron chi connectivity index (χ4n) is 1.79. The molecule has 0 bridgehead atoms. The van der Waals surface area contributed by atoms with Gasteiger partial charge in [-0.2, -0.15) is 0 Å². The van der Waals surface area contributed by atoms with E-state index < -0.39 is 21.8 Å². The van der Waals surface area contributed by atoms with E-state index in [0.29, 0.717) is 4.47 Å². The zero-order chi connectivity index (χ0) is 18.4. The average molecular weight is 450 g/mol. The standard InChI is InChI=1S/C14H14BrClN4O4S/c15-9-7-11(17-8-9)14(22)20-19-13(21)5-6-18-25(23,24)12-4-2-1-3-10(12)16/h1-4,7-8,17-18H,5-6H2,(H,19,21)(H,20,22). The molecular formula is C14H14BrClN4O4S. The summed E-state index contributed by atoms with van der Waals surface area (Å²) in [5, 5.41) is 0.0869. The number of sulfonamides is 1. The molecule has 0 spiro atoms. The van der Waals surface area contributed by atoms with E-state index in [4.69, 9.17) is 11.6 Å². The number of hydrogen-bond donors (Lipinski definition) is 4. The minimum absolute atomic E-state index is 0.0669. The highest BCUT2D eigenvalue weighted by Gasteiger charge is 2.17. The Labute approximate surface area is 157 Å². The SMILES string of the molecule is O=C(CCNS(=O)(=O)c1ccccc1Cl)NNC(=O)c1cc(Br)c[nH]1. The van der Waals surface area contributed by atoms with Crippen LogP contribution in [-0.2, 0) is 14.8 Å². The van der Waals surface area contributed by atoms with E-state index in [2.05, 4.69) is 36.5 Å². The van der Waals surface area contributed by atoms with Gasteiger partial charge in [-0.15, -0.1) is 0 Å². The Kier molecular flexibility index (Phi) is 6.59. The van der Waals surface area contributed by atoms with Gasteiger partial charge in [0, 0.05) is 23.6 Å². The fourth-order valence-corrected chi connectivity index (χ4v) is 3.69. The molecule has 1 aromatic heterocycles. The molecule has 2 amide bonds. The van der Waals surface area contributed by atoms with E-state index in [1.165, 1.54) is 12.1 Å². The first-order valence-electron chi connectivity index (χ1n) is 6.97. The molecule has 2 aromatic rings. The summed E-state index contributed by atoms with van der Waals surface area (Å²) < 4.78 is 27.1. The quantitative estimate of drug-likeness (QED) is 0.500. The van der Waals surface area contributed by atoms with E-state index in [1.54, 1.807) is 24.4 Å². The van der Waals surface area contributed by atoms with Crippen molar-refractivity contribution >= 4 is 49.4 Å². The van der Waals surface area contributed by atoms with Crippen LogP contribution in [0, 0.1) is 0 Å². The number of H-pyrrole nitrogens is 1. The largest absolute Gasteiger partial charge is 0.356 e. The second-order valence-corrected chi connectivity index (χ2v) is 7.87. The van der Waals surface area contributed by atoms with Crippen LogP contribution in [0.4, 0.5) is 0 Å². The number of hydrazine groups is 1. The number of carbonyl (C=O) groups is 2. The maximum absolute atomic E-state index is 12.1. The molecule has 0 aliphatic heterocycles. The van der Waals surface area contributed by atoms with Crippen molar-refractivity contribution < 1.29 is 18.0 Å². The number of aromatic amines is 1. The molecule has 0 saturated carbocycles. The lowest BCUT2D eigenvalue weighted by Crippen LogP contribution is -2.42. The number of hydrogen-bond acceptors (Lipinski definition) is 4. The number of benzene rings is 1. The number of rotatable bonds is 6. The first-order chi connectivity index (χ1) is 11.8. The highest BCUT2D eigenvalue weighted by atomic mass is 79.9. The van der Waals surface area contributed by atoms with Crippen molar-refractivity contribution in [2.75, 3.05) is 6.54 Å². The summed E-state index contributed by atoms with van der Waals surface area (Å²) in [5.74, 6) is -1.09. The minimum atomic E-state index is -3.82. The molecule has 1 heterocycles. The van der Waals surface area contributed by atoms with Crippen LogP contribution >= 0.6 is 27.5 Å². The van der Waals surface area contributed by atoms with Gasteiger partial charge < -0.3 is 4.98 Å². The van der Waals surface area contributed by atoms with Crippen LogP contribution in [0.2, 0.25) is 5.02 Å². The zero-order valence-corrected chi connectivity index (χ0v) is 15.8. The Hall–Kier alpha value is -1.88. The summed E-state index contributed by atoms with van der Waals surface area (Å²) in [6.45, 7) is -0.149. The molecule has 8 nitrogen and oxygen atoms in total. The van der Waals surface area contributed by atoms with Gasteiger partial charge in [0.05, 0.1) is 5.02 Å². The zero-order valence-electron chi connectivity index (χ0n) is 12.7. The molecule has 0 saturated heterocycles. The highest BCUT2D eigenvalue weighted by Crippen LogP contribution is 2.19. The van der Waals surface area contributed by atoms with Gasteiger partial charge in [-0.3, -0.25) is 20.4 Å². The predicted molar refractivity (Wildman–Crippen MR) is 95.4 cm³/mol. The third kappa shape index (κ3) is 5.56. The van der Waals surface area contributed by atoms with Crippen LogP contribution in [0.5, 0.6) is 0 Å². The van der Waals surface area contributed by atoms with Gasteiger partial charge in [-0.1, -0.05) is 23.7 Å². The molecule has 1 aromatic carbocycles. The van der Waals surface area contributed by atoms with E-state index in [9.17, 15) is 18.0 Å². The van der Waals surface area contributed by atoms with E-state index >= 15 is 0 Å². The molecule has 2 rings (SSSR count). The summed E-state index contributed by atoms with van der Waals surface area (Å²) in [4.78, 5) is 26.0. The first-order valence-corrected chi connectivity index (χ1v) is 9.62. The molecular weight excluding hydrogens is 436 g/mol. The summed E-state index contributed by atoms with van der Waals surface area (Å²) in [5.41, 5.74) is 4.66. The third-order valence-electron chi connectivity index (χ3n) is 2.98. The van der Waals surface area contributed by atoms with Gasteiger partial charge in [0.2, 0.25) is 15.9 Å². The first kappa shape index (κ1) is 19.4. The predicted octanol–water partition coefficient (Wildman–Crippen LogP) is 1.56. The summed E-state index contributed by atoms with van der Waals surface area (Å²) in [6.07, 6.45) is 1.40. The summed E-state index contributed by atoms with van der Waals surface area (Å²) >= 11 is 9.03. The molecule has 134 valence electrons. The third-order valence-corrected chi connectivity index (χ3v) is 5.40. The summed E-state index contributed by atoms with van der Waals surface area (Å²) in [7, 11) is -3.82. The van der Waals surface area contributed by atoms with Crippen LogP contribution in [-0.4, -0.2) is 31.8 Å². The molecule has 0 radical (unpaired) electrons. The molecule has 25 heavy (non-hydrogen) atoms. The average Bonchev–Trinajstić information content (AvgIpc) is 2.99. The normalized spacial score (nSPS) is 11.1. The van der Waals surface area contributed by atoms with Crippen molar-refractivity contribution in [2.24, 2.45) is 0 Å². The number of halogens is 2. The molecule has 0 aliphatic rings. The van der Waals surface area contributed by atoms with Crippen molar-refractivity contribution in [2.45, 2.75) is 11.3 Å². The van der Waals surface area contributed by atoms with Crippen LogP contribution < -0.4 is 15.6 Å². The smallest absolute Gasteiger partial charge is 0.286 e. The van der Waals surface area contributed by atoms with Gasteiger partial charge in [-0.25, -0.2) is 13.1 Å². The minimum Gasteiger partial charge on any atom is -0.356 e.